The predicted octanol–water partition coefficient (Wildman–Crippen LogP) is 3.77. The molecule has 0 radical (unpaired) electrons. The summed E-state index contributed by atoms with van der Waals surface area (Å²) in [5.41, 5.74) is 7.19. The van der Waals surface area contributed by atoms with Gasteiger partial charge in [0.05, 0.1) is 5.01 Å². The number of nitrogens with zero attached hydrogens (tertiary/aromatic N) is 1. The average molecular weight is 299 g/mol. The van der Waals surface area contributed by atoms with Gasteiger partial charge in [-0.05, 0) is 31.2 Å². The molecule has 1 heterocycles. The summed E-state index contributed by atoms with van der Waals surface area (Å²) < 4.78 is 0. The van der Waals surface area contributed by atoms with Gasteiger partial charge in [-0.15, -0.1) is 23.1 Å². The molecule has 0 aliphatic heterocycles. The van der Waals surface area contributed by atoms with Crippen LogP contribution in [0.5, 0.6) is 0 Å². The third-order valence-corrected chi connectivity index (χ3v) is 4.82. The standard InChI is InChI=1S/C13H15ClN2S2/c1-9-7-18-13(16-9)6-11(15)8-17-12-4-2-10(14)3-5-12/h2-5,7,11H,6,8,15H2,1H3. The smallest absolute Gasteiger partial charge is 0.0943 e. The van der Waals surface area contributed by atoms with Gasteiger partial charge in [0.2, 0.25) is 0 Å². The molecule has 0 saturated heterocycles. The molecule has 1 atom stereocenters. The van der Waals surface area contributed by atoms with Crippen molar-refractivity contribution in [1.82, 2.24) is 4.98 Å². The second-order valence-corrected chi connectivity index (χ2v) is 6.58. The number of halogens is 1. The van der Waals surface area contributed by atoms with Crippen LogP contribution in [0.15, 0.2) is 34.5 Å². The SMILES string of the molecule is Cc1csc(CC(N)CSc2ccc(Cl)cc2)n1. The number of hydrogen-bond donors (Lipinski definition) is 1. The molecule has 0 aliphatic rings. The molecule has 96 valence electrons. The molecule has 0 bridgehead atoms. The Morgan fingerprint density at radius 3 is 2.72 bits per heavy atom. The Bertz CT molecular complexity index is 496. The molecule has 2 aromatic rings. The molecular formula is C13H15ClN2S2. The van der Waals surface area contributed by atoms with Gasteiger partial charge in [0, 0.05) is 39.2 Å². The molecule has 1 aromatic carbocycles. The summed E-state index contributed by atoms with van der Waals surface area (Å²) in [6, 6.07) is 7.98. The van der Waals surface area contributed by atoms with Crippen LogP contribution < -0.4 is 5.73 Å². The van der Waals surface area contributed by atoms with E-state index in [1.54, 1.807) is 23.1 Å². The van der Waals surface area contributed by atoms with E-state index in [2.05, 4.69) is 10.4 Å². The summed E-state index contributed by atoms with van der Waals surface area (Å²) in [4.78, 5) is 5.63. The minimum atomic E-state index is 0.135. The fraction of sp³-hybridized carbons (Fsp3) is 0.308. The van der Waals surface area contributed by atoms with Crippen LogP contribution in [0.1, 0.15) is 10.7 Å². The maximum Gasteiger partial charge on any atom is 0.0943 e. The van der Waals surface area contributed by atoms with E-state index in [9.17, 15) is 0 Å². The highest BCUT2D eigenvalue weighted by Crippen LogP contribution is 2.21. The Kier molecular flexibility index (Phi) is 5.06. The summed E-state index contributed by atoms with van der Waals surface area (Å²) in [7, 11) is 0. The zero-order valence-corrected chi connectivity index (χ0v) is 12.5. The first-order chi connectivity index (χ1) is 8.63. The molecule has 0 fully saturated rings. The Balaban J connectivity index is 1.81. The lowest BCUT2D eigenvalue weighted by atomic mass is 10.3. The van der Waals surface area contributed by atoms with Crippen molar-refractivity contribution in [3.05, 3.63) is 45.4 Å². The molecule has 2 nitrogen and oxygen atoms in total. The van der Waals surface area contributed by atoms with E-state index in [1.165, 1.54) is 4.90 Å². The maximum atomic E-state index is 6.11. The first-order valence-corrected chi connectivity index (χ1v) is 7.93. The lowest BCUT2D eigenvalue weighted by Gasteiger charge is -2.09. The van der Waals surface area contributed by atoms with Crippen LogP contribution in [-0.4, -0.2) is 16.8 Å². The number of aryl methyl sites for hydroxylation is 1. The molecule has 0 amide bonds. The molecule has 2 N–H and O–H groups in total. The average Bonchev–Trinajstić information content (AvgIpc) is 2.74. The molecule has 5 heteroatoms. The van der Waals surface area contributed by atoms with Crippen LogP contribution in [0.4, 0.5) is 0 Å². The van der Waals surface area contributed by atoms with Crippen LogP contribution in [0.3, 0.4) is 0 Å². The molecule has 0 saturated carbocycles. The van der Waals surface area contributed by atoms with Crippen molar-refractivity contribution in [1.29, 1.82) is 0 Å². The maximum absolute atomic E-state index is 6.11. The lowest BCUT2D eigenvalue weighted by Crippen LogP contribution is -2.25. The Hall–Kier alpha value is -0.550. The van der Waals surface area contributed by atoms with Crippen molar-refractivity contribution in [2.24, 2.45) is 5.73 Å². The molecule has 0 spiro atoms. The van der Waals surface area contributed by atoms with Gasteiger partial charge in [0.25, 0.3) is 0 Å². The minimum absolute atomic E-state index is 0.135. The highest BCUT2D eigenvalue weighted by molar-refractivity contribution is 7.99. The van der Waals surface area contributed by atoms with Crippen molar-refractivity contribution in [2.75, 3.05) is 5.75 Å². The largest absolute Gasteiger partial charge is 0.327 e. The first kappa shape index (κ1) is 13.9. The van der Waals surface area contributed by atoms with Crippen molar-refractivity contribution in [3.8, 4) is 0 Å². The van der Waals surface area contributed by atoms with E-state index >= 15 is 0 Å². The normalized spacial score (nSPS) is 12.6. The molecule has 2 rings (SSSR count). The number of benzene rings is 1. The van der Waals surface area contributed by atoms with Crippen LogP contribution in [0.2, 0.25) is 5.02 Å². The van der Waals surface area contributed by atoms with E-state index in [0.717, 1.165) is 27.9 Å². The Morgan fingerprint density at radius 2 is 2.11 bits per heavy atom. The number of thioether (sulfide) groups is 1. The van der Waals surface area contributed by atoms with Crippen molar-refractivity contribution in [2.45, 2.75) is 24.3 Å². The van der Waals surface area contributed by atoms with E-state index in [0.29, 0.717) is 0 Å². The Morgan fingerprint density at radius 1 is 1.39 bits per heavy atom. The van der Waals surface area contributed by atoms with E-state index in [1.807, 2.05) is 31.2 Å². The monoisotopic (exact) mass is 298 g/mol. The van der Waals surface area contributed by atoms with Gasteiger partial charge < -0.3 is 5.73 Å². The van der Waals surface area contributed by atoms with Crippen LogP contribution in [0, 0.1) is 6.92 Å². The molecule has 1 aromatic heterocycles. The van der Waals surface area contributed by atoms with Crippen molar-refractivity contribution >= 4 is 34.7 Å². The third kappa shape index (κ3) is 4.28. The van der Waals surface area contributed by atoms with E-state index in [4.69, 9.17) is 17.3 Å². The topological polar surface area (TPSA) is 38.9 Å². The van der Waals surface area contributed by atoms with Gasteiger partial charge in [-0.2, -0.15) is 0 Å². The summed E-state index contributed by atoms with van der Waals surface area (Å²) in [6.45, 7) is 2.01. The minimum Gasteiger partial charge on any atom is -0.327 e. The fourth-order valence-electron chi connectivity index (χ4n) is 1.51. The van der Waals surface area contributed by atoms with Gasteiger partial charge >= 0.3 is 0 Å². The predicted molar refractivity (Wildman–Crippen MR) is 80.7 cm³/mol. The van der Waals surface area contributed by atoms with E-state index < -0.39 is 0 Å². The van der Waals surface area contributed by atoms with Crippen LogP contribution >= 0.6 is 34.7 Å². The second-order valence-electron chi connectivity index (χ2n) is 4.11. The number of aromatic nitrogens is 1. The number of hydrogen-bond acceptors (Lipinski definition) is 4. The molecule has 18 heavy (non-hydrogen) atoms. The van der Waals surface area contributed by atoms with Gasteiger partial charge in [-0.25, -0.2) is 4.98 Å². The number of nitrogens with two attached hydrogens (primary N) is 1. The lowest BCUT2D eigenvalue weighted by molar-refractivity contribution is 0.743. The van der Waals surface area contributed by atoms with E-state index in [-0.39, 0.29) is 6.04 Å². The zero-order valence-electron chi connectivity index (χ0n) is 10.1. The highest BCUT2D eigenvalue weighted by atomic mass is 35.5. The highest BCUT2D eigenvalue weighted by Gasteiger charge is 2.07. The van der Waals surface area contributed by atoms with Crippen LogP contribution in [0.25, 0.3) is 0 Å². The summed E-state index contributed by atoms with van der Waals surface area (Å²) in [5.74, 6) is 0.889. The second kappa shape index (κ2) is 6.57. The summed E-state index contributed by atoms with van der Waals surface area (Å²) in [5, 5.41) is 3.95. The first-order valence-electron chi connectivity index (χ1n) is 5.68. The van der Waals surface area contributed by atoms with Gasteiger partial charge in [-0.3, -0.25) is 0 Å². The van der Waals surface area contributed by atoms with Crippen molar-refractivity contribution < 1.29 is 0 Å². The van der Waals surface area contributed by atoms with Gasteiger partial charge in [0.15, 0.2) is 0 Å². The summed E-state index contributed by atoms with van der Waals surface area (Å²) >= 11 is 9.28. The zero-order chi connectivity index (χ0) is 13.0. The fourth-order valence-corrected chi connectivity index (χ4v) is 3.36. The Labute approximate surface area is 121 Å². The molecule has 1 unspecified atom stereocenters. The number of thiazole rings is 1. The van der Waals surface area contributed by atoms with Gasteiger partial charge in [0.1, 0.15) is 0 Å². The third-order valence-electron chi connectivity index (χ3n) is 2.38. The quantitative estimate of drug-likeness (QED) is 0.854. The van der Waals surface area contributed by atoms with Gasteiger partial charge in [-0.1, -0.05) is 11.6 Å². The molecule has 0 aliphatic carbocycles. The number of rotatable bonds is 5. The molecular weight excluding hydrogens is 284 g/mol. The summed E-state index contributed by atoms with van der Waals surface area (Å²) in [6.07, 6.45) is 0.846. The van der Waals surface area contributed by atoms with Crippen molar-refractivity contribution in [3.63, 3.8) is 0 Å². The van der Waals surface area contributed by atoms with Crippen LogP contribution in [-0.2, 0) is 6.42 Å².